The average molecular weight is 346 g/mol. The molecule has 2 aliphatic heterocycles. The Kier molecular flexibility index (Phi) is 4.01. The molecule has 1 spiro atoms. The third-order valence-electron chi connectivity index (χ3n) is 5.86. The second-order valence-electron chi connectivity index (χ2n) is 7.21. The fraction of sp³-hybridized carbons (Fsp3) is 0.611. The van der Waals surface area contributed by atoms with Gasteiger partial charge in [0.25, 0.3) is 5.91 Å². The number of amides is 2. The van der Waals surface area contributed by atoms with Crippen LogP contribution in [0.2, 0.25) is 0 Å². The summed E-state index contributed by atoms with van der Waals surface area (Å²) in [5, 5.41) is 3.11. The summed E-state index contributed by atoms with van der Waals surface area (Å²) >= 11 is 0. The van der Waals surface area contributed by atoms with Crippen molar-refractivity contribution in [1.29, 1.82) is 0 Å². The lowest BCUT2D eigenvalue weighted by molar-refractivity contribution is -0.140. The third-order valence-corrected chi connectivity index (χ3v) is 5.86. The summed E-state index contributed by atoms with van der Waals surface area (Å²) in [7, 11) is 0. The Hall–Kier alpha value is -2.31. The molecule has 1 saturated carbocycles. The Morgan fingerprint density at radius 1 is 1.28 bits per heavy atom. The molecule has 0 radical (unpaired) electrons. The second-order valence-corrected chi connectivity index (χ2v) is 7.21. The van der Waals surface area contributed by atoms with E-state index >= 15 is 0 Å². The Labute approximate surface area is 145 Å². The van der Waals surface area contributed by atoms with Gasteiger partial charge in [-0.15, -0.1) is 0 Å². The number of ether oxygens (including phenoxy) is 1. The van der Waals surface area contributed by atoms with Crippen molar-refractivity contribution < 1.29 is 23.5 Å². The molecule has 1 N–H and O–H groups in total. The maximum Gasteiger partial charge on any atom is 0.306 e. The van der Waals surface area contributed by atoms with Crippen LogP contribution in [0.3, 0.4) is 0 Å². The summed E-state index contributed by atoms with van der Waals surface area (Å²) in [6.45, 7) is 0.788. The first kappa shape index (κ1) is 16.2. The summed E-state index contributed by atoms with van der Waals surface area (Å²) in [5.41, 5.74) is 0.162. The highest BCUT2D eigenvalue weighted by Gasteiger charge is 2.54. The summed E-state index contributed by atoms with van der Waals surface area (Å²) in [6, 6.07) is 1.56. The zero-order valence-corrected chi connectivity index (χ0v) is 14.0. The van der Waals surface area contributed by atoms with Gasteiger partial charge in [0.1, 0.15) is 12.9 Å². The predicted molar refractivity (Wildman–Crippen MR) is 86.6 cm³/mol. The van der Waals surface area contributed by atoms with Gasteiger partial charge in [0, 0.05) is 6.54 Å². The number of esters is 1. The van der Waals surface area contributed by atoms with Gasteiger partial charge in [-0.2, -0.15) is 0 Å². The Morgan fingerprint density at radius 2 is 2.08 bits per heavy atom. The Bertz CT molecular complexity index is 678. The van der Waals surface area contributed by atoms with Gasteiger partial charge >= 0.3 is 5.97 Å². The van der Waals surface area contributed by atoms with Crippen molar-refractivity contribution in [2.24, 2.45) is 5.92 Å². The van der Waals surface area contributed by atoms with Crippen molar-refractivity contribution in [2.45, 2.75) is 50.1 Å². The van der Waals surface area contributed by atoms with Gasteiger partial charge in [-0.3, -0.25) is 14.4 Å². The van der Waals surface area contributed by atoms with E-state index in [0.717, 1.165) is 32.1 Å². The largest absolute Gasteiger partial charge is 0.472 e. The SMILES string of the molecule is O=C1CC(C(=O)N2CCC(NC(=O)c3ccoc3)C23CCCC3)CO1. The molecule has 1 aromatic rings. The highest BCUT2D eigenvalue weighted by atomic mass is 16.5. The highest BCUT2D eigenvalue weighted by Crippen LogP contribution is 2.44. The molecule has 2 atom stereocenters. The van der Waals surface area contributed by atoms with Gasteiger partial charge in [-0.25, -0.2) is 0 Å². The van der Waals surface area contributed by atoms with Crippen LogP contribution in [-0.2, 0) is 14.3 Å². The molecule has 25 heavy (non-hydrogen) atoms. The van der Waals surface area contributed by atoms with Gasteiger partial charge in [0.05, 0.1) is 35.7 Å². The molecular weight excluding hydrogens is 324 g/mol. The van der Waals surface area contributed by atoms with E-state index in [1.54, 1.807) is 6.07 Å². The van der Waals surface area contributed by atoms with Crippen molar-refractivity contribution in [1.82, 2.24) is 10.2 Å². The standard InChI is InChI=1S/C18H22N2O5/c21-15-9-13(11-25-15)17(23)20-7-3-14(18(20)5-1-2-6-18)19-16(22)12-4-8-24-10-12/h4,8,10,13-14H,1-3,5-7,9,11H2,(H,19,22). The number of likely N-dealkylation sites (tertiary alicyclic amines) is 1. The molecule has 3 heterocycles. The smallest absolute Gasteiger partial charge is 0.306 e. The van der Waals surface area contributed by atoms with Crippen LogP contribution in [0.15, 0.2) is 23.0 Å². The van der Waals surface area contributed by atoms with Crippen molar-refractivity contribution in [3.63, 3.8) is 0 Å². The molecule has 0 aromatic carbocycles. The molecule has 7 nitrogen and oxygen atoms in total. The number of nitrogens with one attached hydrogen (secondary N) is 1. The predicted octanol–water partition coefficient (Wildman–Crippen LogP) is 1.49. The van der Waals surface area contributed by atoms with Crippen LogP contribution >= 0.6 is 0 Å². The fourth-order valence-electron chi connectivity index (χ4n) is 4.61. The minimum absolute atomic E-state index is 0.00666. The first-order valence-corrected chi connectivity index (χ1v) is 8.90. The van der Waals surface area contributed by atoms with Crippen molar-refractivity contribution in [2.75, 3.05) is 13.2 Å². The highest BCUT2D eigenvalue weighted by molar-refractivity contribution is 5.94. The number of furan rings is 1. The normalized spacial score (nSPS) is 27.7. The number of hydrogen-bond donors (Lipinski definition) is 1. The molecule has 4 rings (SSSR count). The summed E-state index contributed by atoms with van der Waals surface area (Å²) < 4.78 is 9.95. The van der Waals surface area contributed by atoms with E-state index in [9.17, 15) is 14.4 Å². The Morgan fingerprint density at radius 3 is 2.72 bits per heavy atom. The van der Waals surface area contributed by atoms with E-state index in [1.807, 2.05) is 4.90 Å². The van der Waals surface area contributed by atoms with E-state index in [-0.39, 0.29) is 48.3 Å². The van der Waals surface area contributed by atoms with Crippen molar-refractivity contribution in [3.8, 4) is 0 Å². The molecule has 0 bridgehead atoms. The van der Waals surface area contributed by atoms with Gasteiger partial charge in [0.2, 0.25) is 5.91 Å². The van der Waals surface area contributed by atoms with Gasteiger partial charge in [0.15, 0.2) is 0 Å². The maximum absolute atomic E-state index is 13.0. The zero-order chi connectivity index (χ0) is 17.4. The zero-order valence-electron chi connectivity index (χ0n) is 14.0. The van der Waals surface area contributed by atoms with E-state index in [1.165, 1.54) is 12.5 Å². The monoisotopic (exact) mass is 346 g/mol. The van der Waals surface area contributed by atoms with Gasteiger partial charge in [-0.05, 0) is 25.3 Å². The number of hydrogen-bond acceptors (Lipinski definition) is 5. The third kappa shape index (κ3) is 2.71. The lowest BCUT2D eigenvalue weighted by Gasteiger charge is -2.40. The van der Waals surface area contributed by atoms with Crippen LogP contribution in [0.4, 0.5) is 0 Å². The number of nitrogens with zero attached hydrogens (tertiary/aromatic N) is 1. The molecule has 2 saturated heterocycles. The molecule has 3 aliphatic rings. The van der Waals surface area contributed by atoms with Gasteiger partial charge in [-0.1, -0.05) is 12.8 Å². The molecule has 1 aromatic heterocycles. The molecule has 134 valence electrons. The first-order valence-electron chi connectivity index (χ1n) is 8.90. The van der Waals surface area contributed by atoms with Crippen molar-refractivity contribution >= 4 is 17.8 Å². The van der Waals surface area contributed by atoms with Gasteiger partial charge < -0.3 is 19.4 Å². The lowest BCUT2D eigenvalue weighted by Crippen LogP contribution is -2.57. The average Bonchev–Trinajstić information content (AvgIpc) is 3.37. The van der Waals surface area contributed by atoms with Crippen LogP contribution in [0.5, 0.6) is 0 Å². The minimum Gasteiger partial charge on any atom is -0.472 e. The maximum atomic E-state index is 13.0. The molecular formula is C18H22N2O5. The lowest BCUT2D eigenvalue weighted by atomic mass is 9.88. The summed E-state index contributed by atoms with van der Waals surface area (Å²) in [6.07, 6.45) is 7.66. The van der Waals surface area contributed by atoms with Crippen LogP contribution < -0.4 is 5.32 Å². The van der Waals surface area contributed by atoms with E-state index < -0.39 is 0 Å². The summed E-state index contributed by atoms with van der Waals surface area (Å²) in [5.74, 6) is -0.859. The molecule has 1 aliphatic carbocycles. The molecule has 7 heteroatoms. The van der Waals surface area contributed by atoms with E-state index in [2.05, 4.69) is 5.32 Å². The molecule has 2 amide bonds. The molecule has 2 unspecified atom stereocenters. The van der Waals surface area contributed by atoms with E-state index in [4.69, 9.17) is 9.15 Å². The number of carbonyl (C=O) groups is 3. The topological polar surface area (TPSA) is 88.9 Å². The van der Waals surface area contributed by atoms with E-state index in [0.29, 0.717) is 12.1 Å². The second kappa shape index (κ2) is 6.20. The fourth-order valence-corrected chi connectivity index (χ4v) is 4.61. The number of rotatable bonds is 3. The first-order chi connectivity index (χ1) is 12.1. The van der Waals surface area contributed by atoms with Crippen LogP contribution in [0.25, 0.3) is 0 Å². The van der Waals surface area contributed by atoms with Crippen LogP contribution in [0, 0.1) is 5.92 Å². The Balaban J connectivity index is 1.53. The quantitative estimate of drug-likeness (QED) is 0.838. The number of carbonyl (C=O) groups excluding carboxylic acids is 3. The van der Waals surface area contributed by atoms with Crippen LogP contribution in [0.1, 0.15) is 48.9 Å². The molecule has 3 fully saturated rings. The van der Waals surface area contributed by atoms with Crippen molar-refractivity contribution in [3.05, 3.63) is 24.2 Å². The number of cyclic esters (lactones) is 1. The summed E-state index contributed by atoms with van der Waals surface area (Å²) in [4.78, 5) is 38.7. The van der Waals surface area contributed by atoms with Crippen LogP contribution in [-0.4, -0.2) is 47.4 Å². The minimum atomic E-state index is -0.381.